The van der Waals surface area contributed by atoms with Crippen LogP contribution in [0.15, 0.2) is 42.6 Å². The molecule has 0 fully saturated rings. The Morgan fingerprint density at radius 3 is 2.45 bits per heavy atom. The second-order valence-corrected chi connectivity index (χ2v) is 4.30. The van der Waals surface area contributed by atoms with E-state index < -0.39 is 12.4 Å². The van der Waals surface area contributed by atoms with Crippen LogP contribution in [0.2, 0.25) is 0 Å². The van der Waals surface area contributed by atoms with E-state index in [0.29, 0.717) is 5.56 Å². The average molecular weight is 282 g/mol. The van der Waals surface area contributed by atoms with Crippen molar-refractivity contribution < 1.29 is 17.9 Å². The van der Waals surface area contributed by atoms with Crippen LogP contribution in [0.25, 0.3) is 0 Å². The van der Waals surface area contributed by atoms with Gasteiger partial charge in [0.1, 0.15) is 5.75 Å². The normalized spacial score (nSPS) is 13.1. The zero-order valence-electron chi connectivity index (χ0n) is 10.7. The third-order valence-corrected chi connectivity index (χ3v) is 2.77. The van der Waals surface area contributed by atoms with E-state index in [1.165, 1.54) is 18.2 Å². The molecule has 2 N–H and O–H groups in total. The molecule has 2 aromatic rings. The largest absolute Gasteiger partial charge is 0.573 e. The van der Waals surface area contributed by atoms with E-state index >= 15 is 0 Å². The summed E-state index contributed by atoms with van der Waals surface area (Å²) in [5.41, 5.74) is 7.68. The van der Waals surface area contributed by atoms with Gasteiger partial charge in [0.25, 0.3) is 0 Å². The van der Waals surface area contributed by atoms with Gasteiger partial charge in [-0.25, -0.2) is 0 Å². The molecule has 106 valence electrons. The predicted molar refractivity (Wildman–Crippen MR) is 68.1 cm³/mol. The molecule has 3 nitrogen and oxygen atoms in total. The molecule has 0 amide bonds. The Hall–Kier alpha value is -2.08. The van der Waals surface area contributed by atoms with Gasteiger partial charge in [0.2, 0.25) is 0 Å². The van der Waals surface area contributed by atoms with Gasteiger partial charge < -0.3 is 10.5 Å². The van der Waals surface area contributed by atoms with Gasteiger partial charge >= 0.3 is 6.36 Å². The minimum Gasteiger partial charge on any atom is -0.405 e. The molecule has 0 saturated heterocycles. The molecule has 20 heavy (non-hydrogen) atoms. The van der Waals surface area contributed by atoms with Gasteiger partial charge in [-0.1, -0.05) is 24.3 Å². The summed E-state index contributed by atoms with van der Waals surface area (Å²) in [6.45, 7) is 1.82. The van der Waals surface area contributed by atoms with Crippen LogP contribution >= 0.6 is 0 Å². The molecule has 1 atom stereocenters. The molecule has 0 radical (unpaired) electrons. The number of pyridine rings is 1. The monoisotopic (exact) mass is 282 g/mol. The van der Waals surface area contributed by atoms with E-state index in [-0.39, 0.29) is 11.3 Å². The van der Waals surface area contributed by atoms with E-state index in [1.54, 1.807) is 24.4 Å². The second kappa shape index (κ2) is 5.50. The topological polar surface area (TPSA) is 48.1 Å². The zero-order chi connectivity index (χ0) is 14.8. The van der Waals surface area contributed by atoms with Gasteiger partial charge in [0.05, 0.1) is 6.04 Å². The van der Waals surface area contributed by atoms with Crippen molar-refractivity contribution in [3.05, 3.63) is 59.4 Å². The van der Waals surface area contributed by atoms with Crippen LogP contribution in [0.1, 0.15) is 22.9 Å². The smallest absolute Gasteiger partial charge is 0.405 e. The highest BCUT2D eigenvalue weighted by Crippen LogP contribution is 2.31. The Kier molecular flexibility index (Phi) is 3.94. The quantitative estimate of drug-likeness (QED) is 0.939. The molecule has 0 saturated carbocycles. The summed E-state index contributed by atoms with van der Waals surface area (Å²) in [4.78, 5) is 4.09. The maximum Gasteiger partial charge on any atom is 0.573 e. The molecule has 0 spiro atoms. The lowest BCUT2D eigenvalue weighted by atomic mass is 10.00. The Bertz CT molecular complexity index is 582. The summed E-state index contributed by atoms with van der Waals surface area (Å²) in [6, 6.07) is 8.57. The van der Waals surface area contributed by atoms with Crippen LogP contribution in [0.5, 0.6) is 5.75 Å². The van der Waals surface area contributed by atoms with E-state index in [0.717, 1.165) is 5.69 Å². The molecular formula is C14H13F3N2O. The number of nitrogens with zero attached hydrogens (tertiary/aromatic N) is 1. The van der Waals surface area contributed by atoms with Gasteiger partial charge in [0.15, 0.2) is 0 Å². The van der Waals surface area contributed by atoms with Crippen molar-refractivity contribution in [2.24, 2.45) is 5.73 Å². The highest BCUT2D eigenvalue weighted by molar-refractivity contribution is 5.40. The van der Waals surface area contributed by atoms with Crippen molar-refractivity contribution >= 4 is 0 Å². The number of hydrogen-bond acceptors (Lipinski definition) is 3. The van der Waals surface area contributed by atoms with Gasteiger partial charge in [-0.2, -0.15) is 0 Å². The Morgan fingerprint density at radius 1 is 1.15 bits per heavy atom. The van der Waals surface area contributed by atoms with Gasteiger partial charge in [-0.05, 0) is 24.6 Å². The number of hydrogen-bond donors (Lipinski definition) is 1. The van der Waals surface area contributed by atoms with Crippen molar-refractivity contribution in [1.29, 1.82) is 0 Å². The van der Waals surface area contributed by atoms with Crippen molar-refractivity contribution in [3.63, 3.8) is 0 Å². The molecule has 0 aliphatic carbocycles. The summed E-state index contributed by atoms with van der Waals surface area (Å²) >= 11 is 0. The maximum atomic E-state index is 12.4. The van der Waals surface area contributed by atoms with Crippen molar-refractivity contribution in [1.82, 2.24) is 4.98 Å². The van der Waals surface area contributed by atoms with Crippen LogP contribution < -0.4 is 10.5 Å². The van der Waals surface area contributed by atoms with Crippen LogP contribution in [-0.4, -0.2) is 11.3 Å². The molecule has 0 aliphatic heterocycles. The molecule has 1 aromatic carbocycles. The van der Waals surface area contributed by atoms with E-state index in [1.807, 2.05) is 6.92 Å². The van der Waals surface area contributed by atoms with Crippen LogP contribution in [0, 0.1) is 6.92 Å². The number of nitrogens with two attached hydrogens (primary N) is 1. The highest BCUT2D eigenvalue weighted by atomic mass is 19.4. The van der Waals surface area contributed by atoms with Gasteiger partial charge in [0, 0.05) is 17.5 Å². The number of aryl methyl sites for hydroxylation is 1. The summed E-state index contributed by atoms with van der Waals surface area (Å²) < 4.78 is 41.1. The summed E-state index contributed by atoms with van der Waals surface area (Å²) in [7, 11) is 0. The van der Waals surface area contributed by atoms with Crippen LogP contribution in [0.3, 0.4) is 0 Å². The third-order valence-electron chi connectivity index (χ3n) is 2.77. The first-order chi connectivity index (χ1) is 9.37. The fourth-order valence-electron chi connectivity index (χ4n) is 1.80. The van der Waals surface area contributed by atoms with E-state index in [2.05, 4.69) is 9.72 Å². The molecule has 1 unspecified atom stereocenters. The third kappa shape index (κ3) is 3.48. The van der Waals surface area contributed by atoms with Crippen molar-refractivity contribution in [3.8, 4) is 5.75 Å². The number of ether oxygens (including phenoxy) is 1. The van der Waals surface area contributed by atoms with E-state index in [4.69, 9.17) is 5.73 Å². The average Bonchev–Trinajstić information content (AvgIpc) is 2.37. The molecule has 1 heterocycles. The fraction of sp³-hybridized carbons (Fsp3) is 0.214. The summed E-state index contributed by atoms with van der Waals surface area (Å²) in [5, 5.41) is 0. The SMILES string of the molecule is Cc1ccc(C(N)c2ccccc2OC(F)(F)F)cn1. The van der Waals surface area contributed by atoms with Gasteiger partial charge in [-0.3, -0.25) is 4.98 Å². The highest BCUT2D eigenvalue weighted by Gasteiger charge is 2.32. The fourth-order valence-corrected chi connectivity index (χ4v) is 1.80. The Balaban J connectivity index is 2.34. The first-order valence-electron chi connectivity index (χ1n) is 5.89. The number of aromatic nitrogens is 1. The lowest BCUT2D eigenvalue weighted by molar-refractivity contribution is -0.274. The molecule has 6 heteroatoms. The molecule has 2 rings (SSSR count). The zero-order valence-corrected chi connectivity index (χ0v) is 10.7. The number of benzene rings is 1. The number of para-hydroxylation sites is 1. The lowest BCUT2D eigenvalue weighted by Gasteiger charge is -2.18. The van der Waals surface area contributed by atoms with Crippen molar-refractivity contribution in [2.45, 2.75) is 19.3 Å². The number of rotatable bonds is 3. The Labute approximate surface area is 114 Å². The van der Waals surface area contributed by atoms with Crippen LogP contribution in [-0.2, 0) is 0 Å². The second-order valence-electron chi connectivity index (χ2n) is 4.30. The standard InChI is InChI=1S/C14H13F3N2O/c1-9-6-7-10(8-19-9)13(18)11-4-2-3-5-12(11)20-14(15,16)17/h2-8,13H,18H2,1H3. The molecule has 1 aromatic heterocycles. The number of alkyl halides is 3. The Morgan fingerprint density at radius 2 is 1.85 bits per heavy atom. The minimum absolute atomic E-state index is 0.260. The molecular weight excluding hydrogens is 269 g/mol. The maximum absolute atomic E-state index is 12.4. The van der Waals surface area contributed by atoms with Gasteiger partial charge in [-0.15, -0.1) is 13.2 Å². The first kappa shape index (κ1) is 14.3. The molecule has 0 bridgehead atoms. The minimum atomic E-state index is -4.75. The molecule has 0 aliphatic rings. The van der Waals surface area contributed by atoms with E-state index in [9.17, 15) is 13.2 Å². The first-order valence-corrected chi connectivity index (χ1v) is 5.89. The van der Waals surface area contributed by atoms with Crippen molar-refractivity contribution in [2.75, 3.05) is 0 Å². The number of halogens is 3. The summed E-state index contributed by atoms with van der Waals surface area (Å²) in [6.07, 6.45) is -3.20. The van der Waals surface area contributed by atoms with Crippen LogP contribution in [0.4, 0.5) is 13.2 Å². The summed E-state index contributed by atoms with van der Waals surface area (Å²) in [5.74, 6) is -0.298. The predicted octanol–water partition coefficient (Wildman–Crippen LogP) is 3.34. The lowest BCUT2D eigenvalue weighted by Crippen LogP contribution is -2.20.